The molecule has 0 aromatic carbocycles. The Morgan fingerprint density at radius 2 is 1.27 bits per heavy atom. The molecule has 0 atom stereocenters. The first-order valence-electron chi connectivity index (χ1n) is 9.81. The second-order valence-corrected chi connectivity index (χ2v) is 6.27. The summed E-state index contributed by atoms with van der Waals surface area (Å²) >= 11 is 0. The monoisotopic (exact) mass is 312 g/mol. The third kappa shape index (κ3) is 6.68. The maximum atomic E-state index is 4.98. The van der Waals surface area contributed by atoms with Crippen LogP contribution in [0.5, 0.6) is 0 Å². The molecule has 0 bridgehead atoms. The predicted octanol–water partition coefficient (Wildman–Crippen LogP) is 4.92. The van der Waals surface area contributed by atoms with Crippen LogP contribution < -0.4 is 0 Å². The fourth-order valence-electron chi connectivity index (χ4n) is 3.30. The Labute approximate surface area is 140 Å². The van der Waals surface area contributed by atoms with Crippen molar-refractivity contribution in [3.63, 3.8) is 0 Å². The van der Waals surface area contributed by atoms with Gasteiger partial charge in [0, 0.05) is 19.6 Å². The Hall–Kier alpha value is -0.570. The first-order chi connectivity index (χ1) is 10.7. The molecule has 22 heavy (non-hydrogen) atoms. The molecule has 0 radical (unpaired) electrons. The van der Waals surface area contributed by atoms with Crippen LogP contribution >= 0.6 is 0 Å². The van der Waals surface area contributed by atoms with Crippen LogP contribution in [-0.2, 0) is 0 Å². The minimum Gasteiger partial charge on any atom is -0.312 e. The molecule has 0 aromatic rings. The van der Waals surface area contributed by atoms with Crippen LogP contribution in [0.3, 0.4) is 0 Å². The van der Waals surface area contributed by atoms with E-state index in [1.165, 1.54) is 64.1 Å². The highest BCUT2D eigenvalue weighted by Gasteiger charge is 2.34. The summed E-state index contributed by atoms with van der Waals surface area (Å²) in [5.41, 5.74) is 0. The lowest BCUT2D eigenvalue weighted by molar-refractivity contribution is -0.846. The molecule has 3 nitrogen and oxygen atoms in total. The van der Waals surface area contributed by atoms with E-state index in [4.69, 9.17) is 4.99 Å². The average Bonchev–Trinajstić information content (AvgIpc) is 2.54. The summed E-state index contributed by atoms with van der Waals surface area (Å²) in [4.78, 5) is 7.47. The van der Waals surface area contributed by atoms with E-state index in [9.17, 15) is 0 Å². The molecule has 3 heteroatoms. The molecule has 0 amide bonds. The van der Waals surface area contributed by atoms with Gasteiger partial charge in [0.1, 0.15) is 0 Å². The molecule has 0 saturated heterocycles. The van der Waals surface area contributed by atoms with E-state index in [1.54, 1.807) is 0 Å². The standard InChI is InChI=1S/C19H42N3/c1-7-13-15-17-22(12-6,18-16-14-8-2)19(20-9-3)21(10-4)11-5/h7-18H2,1-6H3/q+1. The van der Waals surface area contributed by atoms with E-state index < -0.39 is 0 Å². The molecule has 0 aromatic heterocycles. The number of nitrogens with zero attached hydrogens (tertiary/aromatic N) is 3. The summed E-state index contributed by atoms with van der Waals surface area (Å²) < 4.78 is 1.09. The van der Waals surface area contributed by atoms with Crippen LogP contribution in [0.4, 0.5) is 0 Å². The van der Waals surface area contributed by atoms with E-state index in [0.29, 0.717) is 0 Å². The van der Waals surface area contributed by atoms with Gasteiger partial charge >= 0.3 is 0 Å². The third-order valence-corrected chi connectivity index (χ3v) is 4.75. The maximum Gasteiger partial charge on any atom is 0.300 e. The highest BCUT2D eigenvalue weighted by molar-refractivity contribution is 5.73. The molecule has 132 valence electrons. The SMILES string of the molecule is CCCCC[N+](CC)(CCCCC)C(=NCC)N(CC)CC. The van der Waals surface area contributed by atoms with Gasteiger partial charge < -0.3 is 4.90 Å². The van der Waals surface area contributed by atoms with Gasteiger partial charge in [-0.1, -0.05) is 26.7 Å². The molecule has 0 heterocycles. The van der Waals surface area contributed by atoms with Crippen molar-refractivity contribution >= 4 is 5.96 Å². The van der Waals surface area contributed by atoms with Crippen molar-refractivity contribution < 1.29 is 4.48 Å². The van der Waals surface area contributed by atoms with Crippen LogP contribution in [0, 0.1) is 0 Å². The minimum atomic E-state index is 0.896. The van der Waals surface area contributed by atoms with Crippen LogP contribution in [0.2, 0.25) is 0 Å². The Morgan fingerprint density at radius 1 is 0.773 bits per heavy atom. The second-order valence-electron chi connectivity index (χ2n) is 6.27. The van der Waals surface area contributed by atoms with Crippen LogP contribution in [0.1, 0.15) is 80.1 Å². The van der Waals surface area contributed by atoms with E-state index in [2.05, 4.69) is 46.4 Å². The van der Waals surface area contributed by atoms with Gasteiger partial charge in [0.25, 0.3) is 5.96 Å². The maximum absolute atomic E-state index is 4.98. The summed E-state index contributed by atoms with van der Waals surface area (Å²) in [6, 6.07) is 0. The van der Waals surface area contributed by atoms with Gasteiger partial charge in [-0.3, -0.25) is 4.48 Å². The zero-order chi connectivity index (χ0) is 16.8. The highest BCUT2D eigenvalue weighted by atomic mass is 15.5. The molecule has 0 saturated carbocycles. The Bertz CT molecular complexity index is 272. The van der Waals surface area contributed by atoms with Gasteiger partial charge in [-0.25, -0.2) is 4.99 Å². The first-order valence-corrected chi connectivity index (χ1v) is 9.81. The van der Waals surface area contributed by atoms with Crippen LogP contribution in [0.25, 0.3) is 0 Å². The molecule has 0 spiro atoms. The molecule has 0 aliphatic heterocycles. The molecule has 0 N–H and O–H groups in total. The summed E-state index contributed by atoms with van der Waals surface area (Å²) in [6.45, 7) is 20.3. The number of unbranched alkanes of at least 4 members (excludes halogenated alkanes) is 4. The second kappa shape index (κ2) is 12.9. The van der Waals surface area contributed by atoms with Crippen molar-refractivity contribution in [3.05, 3.63) is 0 Å². The number of hydrogen-bond acceptors (Lipinski definition) is 1. The molecule has 0 fully saturated rings. The Balaban J connectivity index is 5.36. The predicted molar refractivity (Wildman–Crippen MR) is 100 cm³/mol. The third-order valence-electron chi connectivity index (χ3n) is 4.75. The van der Waals surface area contributed by atoms with Crippen molar-refractivity contribution in [1.82, 2.24) is 4.90 Å². The number of quaternary nitrogens is 1. The van der Waals surface area contributed by atoms with Crippen LogP contribution in [0.15, 0.2) is 4.99 Å². The van der Waals surface area contributed by atoms with Crippen molar-refractivity contribution in [3.8, 4) is 0 Å². The zero-order valence-corrected chi connectivity index (χ0v) is 16.3. The van der Waals surface area contributed by atoms with Crippen molar-refractivity contribution in [1.29, 1.82) is 0 Å². The van der Waals surface area contributed by atoms with Crippen molar-refractivity contribution in [2.75, 3.05) is 39.3 Å². The van der Waals surface area contributed by atoms with Gasteiger partial charge in [-0.2, -0.15) is 0 Å². The van der Waals surface area contributed by atoms with E-state index >= 15 is 0 Å². The van der Waals surface area contributed by atoms with E-state index in [1.807, 2.05) is 0 Å². The van der Waals surface area contributed by atoms with E-state index in [-0.39, 0.29) is 0 Å². The largest absolute Gasteiger partial charge is 0.312 e. The zero-order valence-electron chi connectivity index (χ0n) is 16.3. The molecule has 0 aliphatic rings. The Kier molecular flexibility index (Phi) is 12.6. The highest BCUT2D eigenvalue weighted by Crippen LogP contribution is 2.18. The van der Waals surface area contributed by atoms with Gasteiger partial charge in [0.05, 0.1) is 19.6 Å². The minimum absolute atomic E-state index is 0.896. The molecular formula is C19H42N3+. The van der Waals surface area contributed by atoms with Gasteiger partial charge in [-0.05, 0) is 53.4 Å². The molecule has 0 aliphatic carbocycles. The van der Waals surface area contributed by atoms with Gasteiger partial charge in [0.2, 0.25) is 0 Å². The number of rotatable bonds is 12. The Morgan fingerprint density at radius 3 is 1.59 bits per heavy atom. The first kappa shape index (κ1) is 21.4. The number of hydrogen-bond donors (Lipinski definition) is 0. The van der Waals surface area contributed by atoms with E-state index in [0.717, 1.165) is 24.1 Å². The smallest absolute Gasteiger partial charge is 0.300 e. The lowest BCUT2D eigenvalue weighted by Crippen LogP contribution is -2.60. The molecule has 0 rings (SSSR count). The van der Waals surface area contributed by atoms with Crippen molar-refractivity contribution in [2.45, 2.75) is 80.1 Å². The number of guanidine groups is 1. The summed E-state index contributed by atoms with van der Waals surface area (Å²) in [6.07, 6.45) is 7.91. The van der Waals surface area contributed by atoms with Gasteiger partial charge in [-0.15, -0.1) is 0 Å². The topological polar surface area (TPSA) is 15.6 Å². The van der Waals surface area contributed by atoms with Crippen LogP contribution in [-0.4, -0.2) is 54.6 Å². The summed E-state index contributed by atoms with van der Waals surface area (Å²) in [5, 5.41) is 0. The number of aliphatic imine (C=N–C) groups is 1. The van der Waals surface area contributed by atoms with Gasteiger partial charge in [0.15, 0.2) is 0 Å². The fraction of sp³-hybridized carbons (Fsp3) is 0.947. The summed E-state index contributed by atoms with van der Waals surface area (Å²) in [7, 11) is 0. The normalized spacial score (nSPS) is 12.7. The molecular weight excluding hydrogens is 270 g/mol. The lowest BCUT2D eigenvalue weighted by atomic mass is 10.1. The van der Waals surface area contributed by atoms with Crippen molar-refractivity contribution in [2.24, 2.45) is 4.99 Å². The summed E-state index contributed by atoms with van der Waals surface area (Å²) in [5.74, 6) is 1.35. The quantitative estimate of drug-likeness (QED) is 0.216. The average molecular weight is 313 g/mol. The molecule has 0 unspecified atom stereocenters. The fourth-order valence-corrected chi connectivity index (χ4v) is 3.30. The lowest BCUT2D eigenvalue weighted by Gasteiger charge is -2.41.